The van der Waals surface area contributed by atoms with Crippen molar-refractivity contribution in [1.29, 1.82) is 0 Å². The third-order valence-corrected chi connectivity index (χ3v) is 6.85. The van der Waals surface area contributed by atoms with Crippen molar-refractivity contribution in [2.75, 3.05) is 25.1 Å². The zero-order valence-corrected chi connectivity index (χ0v) is 22.9. The Morgan fingerprint density at radius 1 is 0.949 bits per heavy atom. The van der Waals surface area contributed by atoms with Crippen LogP contribution in [0.2, 0.25) is 5.02 Å². The Labute approximate surface area is 234 Å². The van der Waals surface area contributed by atoms with E-state index in [4.69, 9.17) is 21.1 Å². The molecule has 0 spiro atoms. The van der Waals surface area contributed by atoms with E-state index >= 15 is 0 Å². The maximum Gasteiger partial charge on any atom is 0.251 e. The molecule has 198 valence electrons. The summed E-state index contributed by atoms with van der Waals surface area (Å²) in [5, 5.41) is 5.78. The lowest BCUT2D eigenvalue weighted by atomic mass is 10.0. The summed E-state index contributed by atoms with van der Waals surface area (Å²) in [6.45, 7) is 3.44. The van der Waals surface area contributed by atoms with Crippen LogP contribution in [0.4, 0.5) is 5.69 Å². The highest BCUT2D eigenvalue weighted by Crippen LogP contribution is 2.35. The summed E-state index contributed by atoms with van der Waals surface area (Å²) in [5.41, 5.74) is 3.55. The molecule has 1 aliphatic rings. The Hall–Kier alpha value is -4.22. The largest absolute Gasteiger partial charge is 0.497 e. The Kier molecular flexibility index (Phi) is 8.18. The monoisotopic (exact) mass is 538 g/mol. The molecule has 1 amide bonds. The van der Waals surface area contributed by atoms with Gasteiger partial charge >= 0.3 is 0 Å². The van der Waals surface area contributed by atoms with E-state index in [-0.39, 0.29) is 5.91 Å². The number of amides is 1. The number of allylic oxidation sites excluding steroid dienone is 1. The number of anilines is 1. The van der Waals surface area contributed by atoms with Crippen LogP contribution in [0.3, 0.4) is 0 Å². The van der Waals surface area contributed by atoms with Crippen molar-refractivity contribution in [3.05, 3.63) is 119 Å². The fraction of sp³-hybridized carbons (Fsp3) is 0.182. The summed E-state index contributed by atoms with van der Waals surface area (Å²) in [7, 11) is 1.68. The first-order valence-electron chi connectivity index (χ1n) is 13.1. The van der Waals surface area contributed by atoms with E-state index < -0.39 is 0 Å². The van der Waals surface area contributed by atoms with Crippen LogP contribution < -0.4 is 19.7 Å². The summed E-state index contributed by atoms with van der Waals surface area (Å²) in [4.78, 5) is 14.6. The minimum atomic E-state index is -0.0856. The van der Waals surface area contributed by atoms with Gasteiger partial charge in [0.25, 0.3) is 5.91 Å². The smallest absolute Gasteiger partial charge is 0.251 e. The van der Waals surface area contributed by atoms with Gasteiger partial charge in [-0.1, -0.05) is 48.9 Å². The van der Waals surface area contributed by atoms with Crippen molar-refractivity contribution < 1.29 is 14.3 Å². The summed E-state index contributed by atoms with van der Waals surface area (Å²) >= 11 is 6.41. The molecule has 0 radical (unpaired) electrons. The molecule has 0 saturated heterocycles. The van der Waals surface area contributed by atoms with Gasteiger partial charge < -0.3 is 19.7 Å². The lowest BCUT2D eigenvalue weighted by Crippen LogP contribution is -2.24. The summed E-state index contributed by atoms with van der Waals surface area (Å²) in [6.07, 6.45) is 5.88. The van der Waals surface area contributed by atoms with Gasteiger partial charge in [0.1, 0.15) is 11.5 Å². The maximum absolute atomic E-state index is 12.4. The van der Waals surface area contributed by atoms with Crippen LogP contribution in [-0.2, 0) is 0 Å². The maximum atomic E-state index is 12.4. The number of carbonyl (C=O) groups is 1. The Balaban J connectivity index is 1.58. The normalized spacial score (nSPS) is 13.4. The number of methoxy groups -OCH3 is 1. The summed E-state index contributed by atoms with van der Waals surface area (Å²) in [5.74, 6) is 2.10. The second-order valence-corrected chi connectivity index (χ2v) is 9.78. The van der Waals surface area contributed by atoms with Crippen molar-refractivity contribution in [2.24, 2.45) is 0 Å². The van der Waals surface area contributed by atoms with Crippen LogP contribution in [0.1, 0.15) is 35.7 Å². The number of carbonyl (C=O) groups excluding carboxylic acids is 1. The molecule has 0 unspecified atom stereocenters. The van der Waals surface area contributed by atoms with E-state index in [1.807, 2.05) is 55.5 Å². The highest BCUT2D eigenvalue weighted by molar-refractivity contribution is 6.30. The minimum Gasteiger partial charge on any atom is -0.497 e. The van der Waals surface area contributed by atoms with Gasteiger partial charge in [-0.2, -0.15) is 0 Å². The molecule has 6 heteroatoms. The molecule has 5 nitrogen and oxygen atoms in total. The molecular formula is C33H31ClN2O3. The number of nitrogens with zero attached hydrogens (tertiary/aromatic N) is 1. The number of hydrogen-bond acceptors (Lipinski definition) is 4. The van der Waals surface area contributed by atoms with Crippen molar-refractivity contribution in [3.8, 4) is 11.5 Å². The van der Waals surface area contributed by atoms with Crippen LogP contribution in [0, 0.1) is 0 Å². The van der Waals surface area contributed by atoms with Crippen LogP contribution in [0.25, 0.3) is 16.5 Å². The first-order valence-corrected chi connectivity index (χ1v) is 13.5. The molecule has 4 aromatic carbocycles. The standard InChI is InChI=1S/C33H31ClN2O3/c1-3-18-35-33(37)23-12-15-29(16-13-23)39-31-9-4-5-19-36(28-8-6-7-27(34)22-28)32(31)26-11-10-25-21-30(38-2)17-14-24(25)20-26/h4,6-17,20-22H,3,5,18-19H2,1-2H3,(H,35,37). The van der Waals surface area contributed by atoms with Gasteiger partial charge in [0, 0.05) is 34.9 Å². The quantitative estimate of drug-likeness (QED) is 0.248. The van der Waals surface area contributed by atoms with Crippen molar-refractivity contribution >= 4 is 39.7 Å². The third-order valence-electron chi connectivity index (χ3n) is 6.61. The number of hydrogen-bond donors (Lipinski definition) is 1. The topological polar surface area (TPSA) is 50.8 Å². The predicted octanol–water partition coefficient (Wildman–Crippen LogP) is 7.86. The predicted molar refractivity (Wildman–Crippen MR) is 160 cm³/mol. The molecule has 39 heavy (non-hydrogen) atoms. The van der Waals surface area contributed by atoms with E-state index in [1.54, 1.807) is 19.2 Å². The first kappa shape index (κ1) is 26.4. The Morgan fingerprint density at radius 2 is 1.72 bits per heavy atom. The molecule has 1 aliphatic heterocycles. The van der Waals surface area contributed by atoms with Crippen LogP contribution in [0.15, 0.2) is 103 Å². The molecule has 0 aromatic heterocycles. The summed E-state index contributed by atoms with van der Waals surface area (Å²) in [6, 6.07) is 27.6. The zero-order valence-electron chi connectivity index (χ0n) is 22.1. The van der Waals surface area contributed by atoms with Crippen molar-refractivity contribution in [1.82, 2.24) is 5.32 Å². The van der Waals surface area contributed by atoms with E-state index in [1.165, 1.54) is 0 Å². The van der Waals surface area contributed by atoms with Crippen LogP contribution >= 0.6 is 11.6 Å². The van der Waals surface area contributed by atoms with Gasteiger partial charge in [0.2, 0.25) is 0 Å². The van der Waals surface area contributed by atoms with Crippen molar-refractivity contribution in [2.45, 2.75) is 19.8 Å². The number of ether oxygens (including phenoxy) is 2. The fourth-order valence-electron chi connectivity index (χ4n) is 4.64. The van der Waals surface area contributed by atoms with Gasteiger partial charge in [-0.3, -0.25) is 4.79 Å². The molecule has 0 saturated carbocycles. The third kappa shape index (κ3) is 6.10. The van der Waals surface area contributed by atoms with Gasteiger partial charge in [-0.25, -0.2) is 0 Å². The molecule has 1 heterocycles. The van der Waals surface area contributed by atoms with Gasteiger partial charge in [0.15, 0.2) is 5.76 Å². The average Bonchev–Trinajstić information content (AvgIpc) is 3.18. The first-order chi connectivity index (χ1) is 19.1. The van der Waals surface area contributed by atoms with E-state index in [2.05, 4.69) is 46.6 Å². The number of fused-ring (bicyclic) bond motifs is 1. The lowest BCUT2D eigenvalue weighted by Gasteiger charge is -2.28. The van der Waals surface area contributed by atoms with E-state index in [0.717, 1.165) is 52.9 Å². The molecule has 0 atom stereocenters. The molecular weight excluding hydrogens is 508 g/mol. The molecule has 0 fully saturated rings. The SMILES string of the molecule is CCCNC(=O)c1ccc(OC2=C(c3ccc4cc(OC)ccc4c3)N(c3cccc(Cl)c3)CCC=C2)cc1. The van der Waals surface area contributed by atoms with Crippen LogP contribution in [0.5, 0.6) is 11.5 Å². The number of rotatable bonds is 8. The van der Waals surface area contributed by atoms with Gasteiger partial charge in [-0.15, -0.1) is 0 Å². The minimum absolute atomic E-state index is 0.0856. The van der Waals surface area contributed by atoms with Crippen LogP contribution in [-0.4, -0.2) is 26.1 Å². The molecule has 0 aliphatic carbocycles. The Morgan fingerprint density at radius 3 is 2.49 bits per heavy atom. The average molecular weight is 539 g/mol. The molecule has 4 aromatic rings. The number of nitrogens with one attached hydrogen (secondary N) is 1. The van der Waals surface area contributed by atoms with Gasteiger partial charge in [0.05, 0.1) is 12.8 Å². The molecule has 1 N–H and O–H groups in total. The fourth-order valence-corrected chi connectivity index (χ4v) is 4.82. The Bertz CT molecular complexity index is 1540. The molecule has 5 rings (SSSR count). The highest BCUT2D eigenvalue weighted by atomic mass is 35.5. The lowest BCUT2D eigenvalue weighted by molar-refractivity contribution is 0.0953. The highest BCUT2D eigenvalue weighted by Gasteiger charge is 2.22. The summed E-state index contributed by atoms with van der Waals surface area (Å²) < 4.78 is 11.9. The number of halogens is 1. The van der Waals surface area contributed by atoms with E-state index in [9.17, 15) is 4.79 Å². The van der Waals surface area contributed by atoms with E-state index in [0.29, 0.717) is 28.6 Å². The second-order valence-electron chi connectivity index (χ2n) is 9.35. The second kappa shape index (κ2) is 12.1. The zero-order chi connectivity index (χ0) is 27.2. The number of benzene rings is 4. The molecule has 0 bridgehead atoms. The van der Waals surface area contributed by atoms with Crippen molar-refractivity contribution in [3.63, 3.8) is 0 Å². The van der Waals surface area contributed by atoms with Gasteiger partial charge in [-0.05, 0) is 90.4 Å².